The number of esters is 1. The number of ketones is 1. The van der Waals surface area contributed by atoms with Crippen LogP contribution in [0.1, 0.15) is 52.9 Å². The predicted octanol–water partition coefficient (Wildman–Crippen LogP) is 3.03. The predicted molar refractivity (Wildman–Crippen MR) is 66.6 cm³/mol. The van der Waals surface area contributed by atoms with Gasteiger partial charge in [-0.05, 0) is 40.0 Å². The van der Waals surface area contributed by atoms with Crippen molar-refractivity contribution < 1.29 is 14.3 Å². The molecule has 0 radical (unpaired) electrons. The summed E-state index contributed by atoms with van der Waals surface area (Å²) >= 11 is 0. The zero-order valence-electron chi connectivity index (χ0n) is 11.0. The number of rotatable bonds is 3. The number of Topliss-reactive ketones (excluding diaryl/α,β-unsaturated/α-hetero) is 1. The van der Waals surface area contributed by atoms with Crippen molar-refractivity contribution in [2.45, 2.75) is 58.5 Å². The first-order valence-corrected chi connectivity index (χ1v) is 6.19. The minimum absolute atomic E-state index is 0.0119. The van der Waals surface area contributed by atoms with E-state index >= 15 is 0 Å². The molecule has 0 aromatic carbocycles. The van der Waals surface area contributed by atoms with Crippen LogP contribution in [0.2, 0.25) is 0 Å². The van der Waals surface area contributed by atoms with Gasteiger partial charge < -0.3 is 4.74 Å². The highest BCUT2D eigenvalue weighted by atomic mass is 16.6. The molecule has 1 rings (SSSR count). The second kappa shape index (κ2) is 5.03. The van der Waals surface area contributed by atoms with Crippen LogP contribution >= 0.6 is 0 Å². The van der Waals surface area contributed by atoms with E-state index in [2.05, 4.69) is 6.58 Å². The van der Waals surface area contributed by atoms with Gasteiger partial charge in [0.25, 0.3) is 0 Å². The molecule has 0 bridgehead atoms. The molecule has 0 N–H and O–H groups in total. The highest BCUT2D eigenvalue weighted by Gasteiger charge is 2.47. The Balaban J connectivity index is 2.94. The lowest BCUT2D eigenvalue weighted by molar-refractivity contribution is -0.172. The third-order valence-electron chi connectivity index (χ3n) is 3.07. The molecule has 0 heterocycles. The quantitative estimate of drug-likeness (QED) is 0.431. The number of hydrogen-bond donors (Lipinski definition) is 0. The number of carbonyl (C=O) groups excluding carboxylic acids is 2. The lowest BCUT2D eigenvalue weighted by Gasteiger charge is -2.35. The fourth-order valence-corrected chi connectivity index (χ4v) is 2.23. The van der Waals surface area contributed by atoms with E-state index in [1.807, 2.05) is 20.8 Å². The van der Waals surface area contributed by atoms with E-state index in [0.29, 0.717) is 19.3 Å². The summed E-state index contributed by atoms with van der Waals surface area (Å²) in [6, 6.07) is 0. The average molecular weight is 238 g/mol. The van der Waals surface area contributed by atoms with Crippen LogP contribution in [0.25, 0.3) is 0 Å². The summed E-state index contributed by atoms with van der Waals surface area (Å²) in [4.78, 5) is 24.3. The van der Waals surface area contributed by atoms with Crippen LogP contribution in [0.3, 0.4) is 0 Å². The lowest BCUT2D eigenvalue weighted by Crippen LogP contribution is -2.45. The zero-order chi connectivity index (χ0) is 13.1. The van der Waals surface area contributed by atoms with E-state index < -0.39 is 11.0 Å². The Hall–Kier alpha value is -1.12. The summed E-state index contributed by atoms with van der Waals surface area (Å²) in [6.07, 6.45) is 4.88. The van der Waals surface area contributed by atoms with E-state index in [1.165, 1.54) is 0 Å². The largest absolute Gasteiger partial charge is 0.459 e. The molecule has 1 aliphatic rings. The standard InChI is InChI=1S/C14H22O3/c1-5-9-14(10-7-6-8-11(14)15)12(16)17-13(2,3)4/h5H,1,6-10H2,2-4H3. The van der Waals surface area contributed by atoms with Gasteiger partial charge in [-0.3, -0.25) is 9.59 Å². The van der Waals surface area contributed by atoms with Crippen LogP contribution < -0.4 is 0 Å². The Bertz CT molecular complexity index is 325. The fourth-order valence-electron chi connectivity index (χ4n) is 2.23. The van der Waals surface area contributed by atoms with E-state index in [-0.39, 0.29) is 11.8 Å². The molecule has 0 aliphatic heterocycles. The van der Waals surface area contributed by atoms with Gasteiger partial charge >= 0.3 is 5.97 Å². The summed E-state index contributed by atoms with van der Waals surface area (Å²) in [5, 5.41) is 0. The van der Waals surface area contributed by atoms with Crippen LogP contribution in [-0.2, 0) is 14.3 Å². The van der Waals surface area contributed by atoms with Crippen molar-refractivity contribution >= 4 is 11.8 Å². The molecule has 1 atom stereocenters. The molecule has 1 unspecified atom stereocenters. The Morgan fingerprint density at radius 3 is 2.59 bits per heavy atom. The monoisotopic (exact) mass is 238 g/mol. The molecule has 1 saturated carbocycles. The van der Waals surface area contributed by atoms with Crippen LogP contribution in [0.4, 0.5) is 0 Å². The van der Waals surface area contributed by atoms with Gasteiger partial charge in [-0.2, -0.15) is 0 Å². The molecule has 3 nitrogen and oxygen atoms in total. The molecule has 0 aromatic rings. The van der Waals surface area contributed by atoms with Gasteiger partial charge in [0.2, 0.25) is 0 Å². The molecule has 0 amide bonds. The topological polar surface area (TPSA) is 43.4 Å². The number of carbonyl (C=O) groups is 2. The molecule has 1 aliphatic carbocycles. The second-order valence-electron chi connectivity index (χ2n) is 5.71. The molecule has 0 aromatic heterocycles. The van der Waals surface area contributed by atoms with E-state index in [9.17, 15) is 9.59 Å². The molecule has 0 spiro atoms. The summed E-state index contributed by atoms with van der Waals surface area (Å²) < 4.78 is 5.40. The molecule has 3 heteroatoms. The Morgan fingerprint density at radius 2 is 2.12 bits per heavy atom. The first-order chi connectivity index (χ1) is 7.82. The van der Waals surface area contributed by atoms with Crippen molar-refractivity contribution in [2.24, 2.45) is 5.41 Å². The van der Waals surface area contributed by atoms with Crippen molar-refractivity contribution in [3.8, 4) is 0 Å². The average Bonchev–Trinajstić information content (AvgIpc) is 2.19. The van der Waals surface area contributed by atoms with Crippen molar-refractivity contribution in [1.82, 2.24) is 0 Å². The summed E-state index contributed by atoms with van der Waals surface area (Å²) in [7, 11) is 0. The zero-order valence-corrected chi connectivity index (χ0v) is 11.0. The van der Waals surface area contributed by atoms with Gasteiger partial charge in [0.1, 0.15) is 16.8 Å². The Kier molecular flexibility index (Phi) is 4.12. The first-order valence-electron chi connectivity index (χ1n) is 6.19. The third kappa shape index (κ3) is 3.18. The van der Waals surface area contributed by atoms with Crippen molar-refractivity contribution in [3.63, 3.8) is 0 Å². The van der Waals surface area contributed by atoms with Crippen molar-refractivity contribution in [2.75, 3.05) is 0 Å². The molecule has 17 heavy (non-hydrogen) atoms. The van der Waals surface area contributed by atoms with Crippen molar-refractivity contribution in [3.05, 3.63) is 12.7 Å². The minimum atomic E-state index is -0.965. The van der Waals surface area contributed by atoms with Crippen LogP contribution in [0.15, 0.2) is 12.7 Å². The summed E-state index contributed by atoms with van der Waals surface area (Å²) in [5.74, 6) is -0.368. The lowest BCUT2D eigenvalue weighted by atomic mass is 9.70. The maximum Gasteiger partial charge on any atom is 0.320 e. The maximum atomic E-state index is 12.2. The fraction of sp³-hybridized carbons (Fsp3) is 0.714. The van der Waals surface area contributed by atoms with E-state index in [4.69, 9.17) is 4.74 Å². The van der Waals surface area contributed by atoms with Gasteiger partial charge in [0.15, 0.2) is 0 Å². The van der Waals surface area contributed by atoms with Gasteiger partial charge in [-0.15, -0.1) is 6.58 Å². The van der Waals surface area contributed by atoms with Gasteiger partial charge in [0, 0.05) is 6.42 Å². The number of hydrogen-bond acceptors (Lipinski definition) is 3. The van der Waals surface area contributed by atoms with E-state index in [1.54, 1.807) is 6.08 Å². The van der Waals surface area contributed by atoms with Crippen molar-refractivity contribution in [1.29, 1.82) is 0 Å². The van der Waals surface area contributed by atoms with Crippen LogP contribution in [0.5, 0.6) is 0 Å². The van der Waals surface area contributed by atoms with E-state index in [0.717, 1.165) is 12.8 Å². The Labute approximate surface area is 103 Å². The maximum absolute atomic E-state index is 12.2. The highest BCUT2D eigenvalue weighted by molar-refractivity contribution is 6.04. The first kappa shape index (κ1) is 13.9. The SMILES string of the molecule is C=CCC1(C(=O)OC(C)(C)C)CCCCC1=O. The molecule has 0 saturated heterocycles. The molecular weight excluding hydrogens is 216 g/mol. The molecule has 1 fully saturated rings. The smallest absolute Gasteiger partial charge is 0.320 e. The normalized spacial score (nSPS) is 25.5. The van der Waals surface area contributed by atoms with Gasteiger partial charge in [-0.1, -0.05) is 12.5 Å². The minimum Gasteiger partial charge on any atom is -0.459 e. The number of allylic oxidation sites excluding steroid dienone is 1. The second-order valence-corrected chi connectivity index (χ2v) is 5.71. The van der Waals surface area contributed by atoms with Crippen LogP contribution in [-0.4, -0.2) is 17.4 Å². The van der Waals surface area contributed by atoms with Gasteiger partial charge in [0.05, 0.1) is 0 Å². The van der Waals surface area contributed by atoms with Gasteiger partial charge in [-0.25, -0.2) is 0 Å². The molecular formula is C14H22O3. The highest BCUT2D eigenvalue weighted by Crippen LogP contribution is 2.39. The summed E-state index contributed by atoms with van der Waals surface area (Å²) in [5.41, 5.74) is -1.52. The van der Waals surface area contributed by atoms with Crippen LogP contribution in [0, 0.1) is 5.41 Å². The Morgan fingerprint density at radius 1 is 1.47 bits per heavy atom. The number of ether oxygens (including phenoxy) is 1. The summed E-state index contributed by atoms with van der Waals surface area (Å²) in [6.45, 7) is 9.11. The molecule has 96 valence electrons. The third-order valence-corrected chi connectivity index (χ3v) is 3.07.